The molecule has 0 saturated heterocycles. The number of rotatable bonds is 7. The van der Waals surface area contributed by atoms with Gasteiger partial charge in [0.05, 0.1) is 5.69 Å². The molecule has 174 valence electrons. The van der Waals surface area contributed by atoms with Gasteiger partial charge in [-0.2, -0.15) is 0 Å². The minimum absolute atomic E-state index is 1.01. The Labute approximate surface area is 207 Å². The molecule has 0 aliphatic carbocycles. The maximum atomic E-state index is 4.83. The maximum absolute atomic E-state index is 4.83. The van der Waals surface area contributed by atoms with E-state index in [0.717, 1.165) is 5.82 Å². The highest BCUT2D eigenvalue weighted by molar-refractivity contribution is 7.25. The summed E-state index contributed by atoms with van der Waals surface area (Å²) in [6.45, 7) is 11.5. The van der Waals surface area contributed by atoms with Crippen LogP contribution in [-0.2, 0) is 6.42 Å². The van der Waals surface area contributed by atoms with Crippen molar-refractivity contribution >= 4 is 31.5 Å². The fourth-order valence-corrected chi connectivity index (χ4v) is 6.48. The molecule has 3 aromatic carbocycles. The largest absolute Gasteiger partial charge is 0.299 e. The van der Waals surface area contributed by atoms with E-state index < -0.39 is 0 Å². The average Bonchev–Trinajstić information content (AvgIpc) is 3.47. The summed E-state index contributed by atoms with van der Waals surface area (Å²) in [6.07, 6.45) is 10.5. The van der Waals surface area contributed by atoms with Crippen LogP contribution in [-0.4, -0.2) is 9.55 Å². The monoisotopic (exact) mass is 466 g/mol. The summed E-state index contributed by atoms with van der Waals surface area (Å²) < 4.78 is 4.97. The third-order valence-electron chi connectivity index (χ3n) is 7.54. The summed E-state index contributed by atoms with van der Waals surface area (Å²) in [5.74, 6) is 1.01. The number of hydrogen-bond acceptors (Lipinski definition) is 2. The zero-order valence-electron chi connectivity index (χ0n) is 21.0. The van der Waals surface area contributed by atoms with Gasteiger partial charge in [-0.1, -0.05) is 44.4 Å². The van der Waals surface area contributed by atoms with Crippen LogP contribution in [0.3, 0.4) is 0 Å². The number of thiophene rings is 1. The first-order valence-corrected chi connectivity index (χ1v) is 13.4. The second-order valence-electron chi connectivity index (χ2n) is 9.57. The Balaban J connectivity index is 1.60. The van der Waals surface area contributed by atoms with Crippen LogP contribution >= 0.6 is 11.3 Å². The smallest absolute Gasteiger partial charge is 0.144 e. The third kappa shape index (κ3) is 3.86. The Morgan fingerprint density at radius 2 is 1.53 bits per heavy atom. The summed E-state index contributed by atoms with van der Waals surface area (Å²) >= 11 is 1.86. The van der Waals surface area contributed by atoms with E-state index in [0.29, 0.717) is 0 Å². The van der Waals surface area contributed by atoms with Crippen LogP contribution in [0.2, 0.25) is 0 Å². The molecule has 0 aliphatic rings. The Morgan fingerprint density at radius 1 is 0.794 bits per heavy atom. The maximum Gasteiger partial charge on any atom is 0.144 e. The van der Waals surface area contributed by atoms with Gasteiger partial charge in [0.1, 0.15) is 5.82 Å². The Kier molecular flexibility index (Phi) is 6.31. The molecule has 0 atom stereocenters. The van der Waals surface area contributed by atoms with Crippen molar-refractivity contribution < 1.29 is 0 Å². The predicted octanol–water partition coefficient (Wildman–Crippen LogP) is 9.26. The molecule has 2 aromatic heterocycles. The molecule has 0 saturated carbocycles. The van der Waals surface area contributed by atoms with Crippen LogP contribution in [0.1, 0.15) is 60.4 Å². The van der Waals surface area contributed by atoms with Crippen molar-refractivity contribution in [3.8, 4) is 17.1 Å². The van der Waals surface area contributed by atoms with E-state index in [1.54, 1.807) is 5.56 Å². The number of fused-ring (bicyclic) bond motifs is 3. The number of benzene rings is 3. The summed E-state index contributed by atoms with van der Waals surface area (Å²) in [7, 11) is 0. The topological polar surface area (TPSA) is 17.8 Å². The predicted molar refractivity (Wildman–Crippen MR) is 149 cm³/mol. The van der Waals surface area contributed by atoms with E-state index in [4.69, 9.17) is 4.98 Å². The van der Waals surface area contributed by atoms with Crippen molar-refractivity contribution in [3.63, 3.8) is 0 Å². The standard InChI is InChI=1S/C31H34N2S/c1-6-7-8-9-12-25-20(2)22(4)30(23(5)21(25)3)33-18-17-32-31(33)24-15-16-29-27(19-24)26-13-10-11-14-28(26)34-29/h10-11,13-19H,6-9,12H2,1-5H3. The molecule has 2 heterocycles. The summed E-state index contributed by atoms with van der Waals surface area (Å²) in [5, 5.41) is 2.64. The van der Waals surface area contributed by atoms with Gasteiger partial charge in [-0.25, -0.2) is 4.98 Å². The highest BCUT2D eigenvalue weighted by Gasteiger charge is 2.19. The first kappa shape index (κ1) is 22.9. The molecule has 0 bridgehead atoms. The summed E-state index contributed by atoms with van der Waals surface area (Å²) in [4.78, 5) is 4.83. The molecule has 3 heteroatoms. The van der Waals surface area contributed by atoms with Crippen molar-refractivity contribution in [2.45, 2.75) is 66.7 Å². The van der Waals surface area contributed by atoms with Gasteiger partial charge in [-0.15, -0.1) is 11.3 Å². The highest BCUT2D eigenvalue weighted by atomic mass is 32.1. The second kappa shape index (κ2) is 9.38. The lowest BCUT2D eigenvalue weighted by Gasteiger charge is -2.22. The summed E-state index contributed by atoms with van der Waals surface area (Å²) in [5.41, 5.74) is 9.61. The zero-order chi connectivity index (χ0) is 23.8. The molecule has 5 rings (SSSR count). The van der Waals surface area contributed by atoms with Gasteiger partial charge in [0.2, 0.25) is 0 Å². The van der Waals surface area contributed by atoms with Crippen molar-refractivity contribution in [2.24, 2.45) is 0 Å². The van der Waals surface area contributed by atoms with E-state index in [1.807, 2.05) is 17.5 Å². The van der Waals surface area contributed by atoms with E-state index in [1.165, 1.54) is 85.8 Å². The Morgan fingerprint density at radius 3 is 2.29 bits per heavy atom. The average molecular weight is 467 g/mol. The molecule has 0 radical (unpaired) electrons. The first-order chi connectivity index (χ1) is 16.5. The molecule has 0 unspecified atom stereocenters. The second-order valence-corrected chi connectivity index (χ2v) is 10.7. The van der Waals surface area contributed by atoms with Gasteiger partial charge in [0.15, 0.2) is 0 Å². The van der Waals surface area contributed by atoms with E-state index >= 15 is 0 Å². The van der Waals surface area contributed by atoms with Crippen molar-refractivity contribution in [1.29, 1.82) is 0 Å². The number of hydrogen-bond donors (Lipinski definition) is 0. The first-order valence-electron chi connectivity index (χ1n) is 12.6. The number of aromatic nitrogens is 2. The SMILES string of the molecule is CCCCCCc1c(C)c(C)c(-n2ccnc2-c2ccc3sc4ccccc4c3c2)c(C)c1C. The molecule has 2 nitrogen and oxygen atoms in total. The Hall–Kier alpha value is -2.91. The fourth-order valence-electron chi connectivity index (χ4n) is 5.40. The van der Waals surface area contributed by atoms with Crippen LogP contribution in [0, 0.1) is 27.7 Å². The van der Waals surface area contributed by atoms with E-state index in [9.17, 15) is 0 Å². The van der Waals surface area contributed by atoms with Crippen molar-refractivity contribution in [3.05, 3.63) is 82.7 Å². The highest BCUT2D eigenvalue weighted by Crippen LogP contribution is 2.37. The number of imidazole rings is 1. The van der Waals surface area contributed by atoms with Crippen molar-refractivity contribution in [1.82, 2.24) is 9.55 Å². The van der Waals surface area contributed by atoms with Gasteiger partial charge >= 0.3 is 0 Å². The lowest BCUT2D eigenvalue weighted by molar-refractivity contribution is 0.663. The number of unbranched alkanes of at least 4 members (excludes halogenated alkanes) is 3. The van der Waals surface area contributed by atoms with Gasteiger partial charge in [0, 0.05) is 38.1 Å². The molecule has 34 heavy (non-hydrogen) atoms. The van der Waals surface area contributed by atoms with Gasteiger partial charge in [-0.3, -0.25) is 4.57 Å². The van der Waals surface area contributed by atoms with Gasteiger partial charge in [-0.05, 0) is 92.6 Å². The minimum atomic E-state index is 1.01. The van der Waals surface area contributed by atoms with Crippen molar-refractivity contribution in [2.75, 3.05) is 0 Å². The van der Waals surface area contributed by atoms with Crippen LogP contribution in [0.25, 0.3) is 37.2 Å². The molecule has 0 N–H and O–H groups in total. The van der Waals surface area contributed by atoms with Gasteiger partial charge in [0.25, 0.3) is 0 Å². The van der Waals surface area contributed by atoms with Crippen LogP contribution in [0.4, 0.5) is 0 Å². The van der Waals surface area contributed by atoms with E-state index in [-0.39, 0.29) is 0 Å². The van der Waals surface area contributed by atoms with Crippen LogP contribution < -0.4 is 0 Å². The minimum Gasteiger partial charge on any atom is -0.299 e. The summed E-state index contributed by atoms with van der Waals surface area (Å²) in [6, 6.07) is 15.5. The zero-order valence-corrected chi connectivity index (χ0v) is 21.9. The molecule has 0 fully saturated rings. The van der Waals surface area contributed by atoms with Crippen LogP contribution in [0.15, 0.2) is 54.9 Å². The van der Waals surface area contributed by atoms with Gasteiger partial charge < -0.3 is 0 Å². The molecule has 0 aliphatic heterocycles. The van der Waals surface area contributed by atoms with E-state index in [2.05, 4.69) is 87.8 Å². The lowest BCUT2D eigenvalue weighted by Crippen LogP contribution is -2.08. The lowest BCUT2D eigenvalue weighted by atomic mass is 9.89. The quantitative estimate of drug-likeness (QED) is 0.219. The molecule has 0 amide bonds. The number of nitrogens with zero attached hydrogens (tertiary/aromatic N) is 2. The fraction of sp³-hybridized carbons (Fsp3) is 0.323. The Bertz CT molecular complexity index is 1460. The molecule has 0 spiro atoms. The normalized spacial score (nSPS) is 11.7. The molecular formula is C31H34N2S. The molecular weight excluding hydrogens is 432 g/mol. The van der Waals surface area contributed by atoms with Crippen LogP contribution in [0.5, 0.6) is 0 Å². The third-order valence-corrected chi connectivity index (χ3v) is 8.69. The molecule has 5 aromatic rings.